The van der Waals surface area contributed by atoms with E-state index in [1.165, 1.54) is 0 Å². The number of benzene rings is 1. The maximum absolute atomic E-state index is 12.4. The van der Waals surface area contributed by atoms with Crippen LogP contribution in [0.3, 0.4) is 0 Å². The second-order valence-corrected chi connectivity index (χ2v) is 6.50. The Kier molecular flexibility index (Phi) is 4.74. The minimum absolute atomic E-state index is 0.126. The Morgan fingerprint density at radius 2 is 2.28 bits per heavy atom. The van der Waals surface area contributed by atoms with Crippen LogP contribution in [-0.2, 0) is 11.3 Å². The van der Waals surface area contributed by atoms with Crippen molar-refractivity contribution in [3.05, 3.63) is 42.0 Å². The van der Waals surface area contributed by atoms with Gasteiger partial charge in [-0.15, -0.1) is 0 Å². The van der Waals surface area contributed by atoms with Crippen LogP contribution < -0.4 is 10.2 Å². The van der Waals surface area contributed by atoms with Crippen molar-refractivity contribution in [2.45, 2.75) is 39.3 Å². The summed E-state index contributed by atoms with van der Waals surface area (Å²) in [5.41, 5.74) is 2.44. The van der Waals surface area contributed by atoms with E-state index >= 15 is 0 Å². The van der Waals surface area contributed by atoms with Crippen molar-refractivity contribution in [2.75, 3.05) is 17.3 Å². The standard InChI is InChI=1S/C18H23N5O2/c1-12-10-19-16(20-12)11-22(3)18(25)21-14-5-4-6-15(9-14)23-13(2)7-8-17(23)24/h4-6,9-10,13H,7-8,11H2,1-3H3,(H,19,20)(H,21,25)/t13-/m1/s1. The highest BCUT2D eigenvalue weighted by molar-refractivity contribution is 5.97. The molecule has 1 aromatic carbocycles. The molecular weight excluding hydrogens is 318 g/mol. The maximum Gasteiger partial charge on any atom is 0.321 e. The summed E-state index contributed by atoms with van der Waals surface area (Å²) in [6.07, 6.45) is 3.17. The Labute approximate surface area is 147 Å². The fourth-order valence-corrected chi connectivity index (χ4v) is 3.02. The van der Waals surface area contributed by atoms with Crippen molar-refractivity contribution in [3.63, 3.8) is 0 Å². The number of imidazole rings is 1. The molecule has 1 saturated heterocycles. The van der Waals surface area contributed by atoms with E-state index in [4.69, 9.17) is 0 Å². The number of aromatic nitrogens is 2. The van der Waals surface area contributed by atoms with Gasteiger partial charge in [-0.25, -0.2) is 9.78 Å². The number of amides is 3. The lowest BCUT2D eigenvalue weighted by atomic mass is 10.2. The number of hydrogen-bond donors (Lipinski definition) is 2. The Hall–Kier alpha value is -2.83. The van der Waals surface area contributed by atoms with Gasteiger partial charge in [-0.2, -0.15) is 0 Å². The molecule has 0 spiro atoms. The van der Waals surface area contributed by atoms with Crippen LogP contribution in [0.25, 0.3) is 0 Å². The zero-order valence-electron chi connectivity index (χ0n) is 14.7. The number of aromatic amines is 1. The molecule has 0 bridgehead atoms. The largest absolute Gasteiger partial charge is 0.345 e. The molecule has 1 fully saturated rings. The van der Waals surface area contributed by atoms with Gasteiger partial charge < -0.3 is 20.1 Å². The average molecular weight is 341 g/mol. The van der Waals surface area contributed by atoms with Crippen LogP contribution in [0.5, 0.6) is 0 Å². The van der Waals surface area contributed by atoms with Gasteiger partial charge in [0.2, 0.25) is 5.91 Å². The molecular formula is C18H23N5O2. The molecule has 2 aromatic rings. The molecule has 0 radical (unpaired) electrons. The van der Waals surface area contributed by atoms with Crippen molar-refractivity contribution in [3.8, 4) is 0 Å². The second kappa shape index (κ2) is 6.96. The summed E-state index contributed by atoms with van der Waals surface area (Å²) in [6, 6.07) is 7.35. The number of aryl methyl sites for hydroxylation is 1. The number of H-pyrrole nitrogens is 1. The predicted octanol–water partition coefficient (Wildman–Crippen LogP) is 2.90. The Bertz CT molecular complexity index is 785. The number of rotatable bonds is 4. The second-order valence-electron chi connectivity index (χ2n) is 6.50. The van der Waals surface area contributed by atoms with E-state index < -0.39 is 0 Å². The third-order valence-corrected chi connectivity index (χ3v) is 4.35. The normalized spacial score (nSPS) is 17.0. The molecule has 2 heterocycles. The number of carbonyl (C=O) groups is 2. The van der Waals surface area contributed by atoms with Gasteiger partial charge in [-0.1, -0.05) is 6.07 Å². The lowest BCUT2D eigenvalue weighted by molar-refractivity contribution is -0.117. The average Bonchev–Trinajstić information content (AvgIpc) is 3.13. The molecule has 1 aromatic heterocycles. The van der Waals surface area contributed by atoms with Gasteiger partial charge in [0.15, 0.2) is 0 Å². The van der Waals surface area contributed by atoms with Crippen LogP contribution >= 0.6 is 0 Å². The zero-order chi connectivity index (χ0) is 18.0. The van der Waals surface area contributed by atoms with Gasteiger partial charge >= 0.3 is 6.03 Å². The van der Waals surface area contributed by atoms with Crippen molar-refractivity contribution in [1.82, 2.24) is 14.9 Å². The summed E-state index contributed by atoms with van der Waals surface area (Å²) in [7, 11) is 1.71. The molecule has 7 nitrogen and oxygen atoms in total. The lowest BCUT2D eigenvalue weighted by Gasteiger charge is -2.23. The van der Waals surface area contributed by atoms with Gasteiger partial charge in [0.25, 0.3) is 0 Å². The number of carbonyl (C=O) groups excluding carboxylic acids is 2. The first-order valence-corrected chi connectivity index (χ1v) is 8.39. The number of urea groups is 1. The Morgan fingerprint density at radius 3 is 2.92 bits per heavy atom. The van der Waals surface area contributed by atoms with Gasteiger partial charge in [0.1, 0.15) is 5.82 Å². The lowest BCUT2D eigenvalue weighted by Crippen LogP contribution is -2.32. The summed E-state index contributed by atoms with van der Waals surface area (Å²) in [5, 5.41) is 2.87. The van der Waals surface area contributed by atoms with E-state index in [0.29, 0.717) is 18.7 Å². The highest BCUT2D eigenvalue weighted by Crippen LogP contribution is 2.28. The van der Waals surface area contributed by atoms with E-state index in [-0.39, 0.29) is 18.0 Å². The van der Waals surface area contributed by atoms with Crippen molar-refractivity contribution < 1.29 is 9.59 Å². The monoisotopic (exact) mass is 341 g/mol. The zero-order valence-corrected chi connectivity index (χ0v) is 14.7. The summed E-state index contributed by atoms with van der Waals surface area (Å²) >= 11 is 0. The third kappa shape index (κ3) is 3.81. The molecule has 0 saturated carbocycles. The summed E-state index contributed by atoms with van der Waals surface area (Å²) in [4.78, 5) is 35.1. The van der Waals surface area contributed by atoms with Gasteiger partial charge in [-0.3, -0.25) is 4.79 Å². The summed E-state index contributed by atoms with van der Waals surface area (Å²) < 4.78 is 0. The first kappa shape index (κ1) is 17.0. The molecule has 25 heavy (non-hydrogen) atoms. The molecule has 132 valence electrons. The quantitative estimate of drug-likeness (QED) is 0.897. The highest BCUT2D eigenvalue weighted by atomic mass is 16.2. The van der Waals surface area contributed by atoms with Crippen LogP contribution in [0, 0.1) is 6.92 Å². The van der Waals surface area contributed by atoms with Crippen LogP contribution in [0.15, 0.2) is 30.5 Å². The van der Waals surface area contributed by atoms with E-state index in [9.17, 15) is 9.59 Å². The maximum atomic E-state index is 12.4. The summed E-state index contributed by atoms with van der Waals surface area (Å²) in [6.45, 7) is 4.35. The minimum Gasteiger partial charge on any atom is -0.345 e. The first-order chi connectivity index (χ1) is 11.9. The topological polar surface area (TPSA) is 81.3 Å². The Morgan fingerprint density at radius 1 is 1.48 bits per heavy atom. The molecule has 1 atom stereocenters. The van der Waals surface area contributed by atoms with Crippen LogP contribution in [0.2, 0.25) is 0 Å². The SMILES string of the molecule is Cc1cnc(CN(C)C(=O)Nc2cccc(N3C(=O)CC[C@H]3C)c2)[nH]1. The van der Waals surface area contributed by atoms with Crippen molar-refractivity contribution >= 4 is 23.3 Å². The number of nitrogens with zero attached hydrogens (tertiary/aromatic N) is 3. The fourth-order valence-electron chi connectivity index (χ4n) is 3.02. The molecule has 3 rings (SSSR count). The van der Waals surface area contributed by atoms with Gasteiger partial charge in [0, 0.05) is 42.8 Å². The smallest absolute Gasteiger partial charge is 0.321 e. The molecule has 1 aliphatic rings. The van der Waals surface area contributed by atoms with Crippen LogP contribution in [0.4, 0.5) is 16.2 Å². The molecule has 3 amide bonds. The number of anilines is 2. The summed E-state index contributed by atoms with van der Waals surface area (Å²) in [5.74, 6) is 0.863. The predicted molar refractivity (Wildman–Crippen MR) is 96.4 cm³/mol. The fraction of sp³-hybridized carbons (Fsp3) is 0.389. The number of hydrogen-bond acceptors (Lipinski definition) is 3. The van der Waals surface area contributed by atoms with Gasteiger partial charge in [-0.05, 0) is 38.5 Å². The Balaban J connectivity index is 1.67. The van der Waals surface area contributed by atoms with Crippen LogP contribution in [-0.4, -0.2) is 39.9 Å². The van der Waals surface area contributed by atoms with Crippen molar-refractivity contribution in [2.24, 2.45) is 0 Å². The molecule has 2 N–H and O–H groups in total. The van der Waals surface area contributed by atoms with Gasteiger partial charge in [0.05, 0.1) is 6.54 Å². The molecule has 0 unspecified atom stereocenters. The minimum atomic E-state index is -0.230. The van der Waals surface area contributed by atoms with E-state index in [2.05, 4.69) is 15.3 Å². The first-order valence-electron chi connectivity index (χ1n) is 8.39. The van der Waals surface area contributed by atoms with E-state index in [1.54, 1.807) is 23.0 Å². The van der Waals surface area contributed by atoms with E-state index in [0.717, 1.165) is 23.6 Å². The third-order valence-electron chi connectivity index (χ3n) is 4.35. The number of nitrogens with one attached hydrogen (secondary N) is 2. The highest BCUT2D eigenvalue weighted by Gasteiger charge is 2.28. The van der Waals surface area contributed by atoms with E-state index in [1.807, 2.05) is 38.1 Å². The molecule has 7 heteroatoms. The van der Waals surface area contributed by atoms with Crippen LogP contribution in [0.1, 0.15) is 31.3 Å². The molecule has 0 aliphatic carbocycles. The van der Waals surface area contributed by atoms with Crippen molar-refractivity contribution in [1.29, 1.82) is 0 Å². The molecule has 1 aliphatic heterocycles.